The third-order valence-electron chi connectivity index (χ3n) is 15.7. The standard InChI is InChI=1S/C65H36F28O6S/c1-6-34-39(66)45(72)38(46(73)40(34)67)59(5,9-4)99-33-24-16-29(17-25-33)61(64(88,89)90,65(91,92)93)28-14-22-32(23-15-28)98-56-49(76)53(80)58(54(81)50(56)77)100(94,95)57-51(78)43(70)37(44(71)52(57)79)36(8-3)96-30-18-10-26(11-19-30)60(62(82,83)84,63(85,86)87)27-12-20-31(21-13-27)97-55-47(74)41(68)35(7-2)42(69)48(55)75/h6-7,10-25,36H,1-2,8-9H2,3-5H3. The van der Waals surface area contributed by atoms with Gasteiger partial charge >= 0.3 is 24.7 Å². The van der Waals surface area contributed by atoms with E-state index in [-0.39, 0.29) is 84.9 Å². The summed E-state index contributed by atoms with van der Waals surface area (Å²) >= 11 is 0. The van der Waals surface area contributed by atoms with Gasteiger partial charge in [0.1, 0.15) is 44.5 Å². The predicted molar refractivity (Wildman–Crippen MR) is 294 cm³/mol. The van der Waals surface area contributed by atoms with Gasteiger partial charge in [-0.2, -0.15) is 70.2 Å². The second-order valence-corrected chi connectivity index (χ2v) is 23.2. The van der Waals surface area contributed by atoms with Crippen LogP contribution in [0.5, 0.6) is 34.5 Å². The lowest BCUT2D eigenvalue weighted by Crippen LogP contribution is -2.54. The number of ether oxygens (including phenoxy) is 4. The summed E-state index contributed by atoms with van der Waals surface area (Å²) in [5.41, 5.74) is -25.7. The molecule has 6 nitrogen and oxygen atoms in total. The molecule has 0 aliphatic heterocycles. The number of benzene rings is 8. The summed E-state index contributed by atoms with van der Waals surface area (Å²) in [5, 5.41) is 0. The second kappa shape index (κ2) is 26.8. The van der Waals surface area contributed by atoms with Gasteiger partial charge in [-0.25, -0.2) is 61.1 Å². The first kappa shape index (κ1) is 76.2. The van der Waals surface area contributed by atoms with Crippen molar-refractivity contribution in [2.75, 3.05) is 0 Å². The van der Waals surface area contributed by atoms with E-state index >= 15 is 96.6 Å². The van der Waals surface area contributed by atoms with Crippen LogP contribution in [0.15, 0.2) is 120 Å². The van der Waals surface area contributed by atoms with Crippen LogP contribution in [0, 0.1) is 93.1 Å². The maximum atomic E-state index is 16.0. The summed E-state index contributed by atoms with van der Waals surface area (Å²) in [6, 6.07) is 2.44. The lowest BCUT2D eigenvalue weighted by Gasteiger charge is -2.38. The molecule has 534 valence electrons. The van der Waals surface area contributed by atoms with Gasteiger partial charge in [0.25, 0.3) is 0 Å². The van der Waals surface area contributed by atoms with Gasteiger partial charge in [-0.15, -0.1) is 0 Å². The average molecular weight is 1480 g/mol. The lowest BCUT2D eigenvalue weighted by molar-refractivity contribution is -0.290. The van der Waals surface area contributed by atoms with Gasteiger partial charge in [0.15, 0.2) is 69.8 Å². The van der Waals surface area contributed by atoms with Crippen molar-refractivity contribution in [2.24, 2.45) is 0 Å². The Bertz CT molecular complexity index is 4500. The predicted octanol–water partition coefficient (Wildman–Crippen LogP) is 21.7. The molecule has 0 aromatic heterocycles. The van der Waals surface area contributed by atoms with Gasteiger partial charge in [-0.05, 0) is 90.6 Å². The molecule has 0 N–H and O–H groups in total. The Kier molecular flexibility index (Phi) is 20.4. The number of rotatable bonds is 20. The Morgan fingerprint density at radius 3 is 0.930 bits per heavy atom. The highest BCUT2D eigenvalue weighted by molar-refractivity contribution is 7.91. The van der Waals surface area contributed by atoms with Gasteiger partial charge in [0.2, 0.25) is 55.4 Å². The Morgan fingerprint density at radius 1 is 0.380 bits per heavy atom. The van der Waals surface area contributed by atoms with Crippen LogP contribution in [0.25, 0.3) is 12.2 Å². The molecule has 0 saturated heterocycles. The zero-order valence-corrected chi connectivity index (χ0v) is 50.6. The number of hydrogen-bond donors (Lipinski definition) is 0. The summed E-state index contributed by atoms with van der Waals surface area (Å²) in [5.74, 6) is -49.3. The molecular weight excluding hydrogens is 1440 g/mol. The Balaban J connectivity index is 1.08. The molecule has 35 heteroatoms. The fraction of sp³-hybridized carbons (Fsp3) is 0.200. The summed E-state index contributed by atoms with van der Waals surface area (Å²) in [7, 11) is -7.04. The maximum absolute atomic E-state index is 16.0. The summed E-state index contributed by atoms with van der Waals surface area (Å²) in [4.78, 5) is -6.15. The minimum absolute atomic E-state index is 0.0513. The first-order valence-corrected chi connectivity index (χ1v) is 29.1. The quantitative estimate of drug-likeness (QED) is 0.0559. The van der Waals surface area contributed by atoms with Crippen LogP contribution in [0.4, 0.5) is 123 Å². The summed E-state index contributed by atoms with van der Waals surface area (Å²) < 4.78 is 473. The van der Waals surface area contributed by atoms with Crippen LogP contribution in [0.2, 0.25) is 0 Å². The molecule has 0 spiro atoms. The van der Waals surface area contributed by atoms with E-state index in [4.69, 9.17) is 14.2 Å². The van der Waals surface area contributed by atoms with Crippen LogP contribution >= 0.6 is 0 Å². The van der Waals surface area contributed by atoms with E-state index in [1.54, 1.807) is 0 Å². The highest BCUT2D eigenvalue weighted by Gasteiger charge is 2.74. The third kappa shape index (κ3) is 12.3. The second-order valence-electron chi connectivity index (χ2n) is 21.4. The molecule has 2 unspecified atom stereocenters. The van der Waals surface area contributed by atoms with Crippen molar-refractivity contribution < 1.29 is 150 Å². The number of halogens is 28. The van der Waals surface area contributed by atoms with Crippen LogP contribution in [0.1, 0.15) is 84.2 Å². The van der Waals surface area contributed by atoms with Crippen molar-refractivity contribution in [3.05, 3.63) is 248 Å². The van der Waals surface area contributed by atoms with Gasteiger partial charge < -0.3 is 18.9 Å². The van der Waals surface area contributed by atoms with Crippen molar-refractivity contribution >= 4 is 22.0 Å². The molecule has 8 aromatic carbocycles. The molecule has 0 bridgehead atoms. The van der Waals surface area contributed by atoms with E-state index in [2.05, 4.69) is 17.9 Å². The molecule has 8 rings (SSSR count). The van der Waals surface area contributed by atoms with E-state index in [0.29, 0.717) is 24.3 Å². The van der Waals surface area contributed by atoms with Crippen molar-refractivity contribution in [2.45, 2.75) is 90.6 Å². The monoisotopic (exact) mass is 1480 g/mol. The summed E-state index contributed by atoms with van der Waals surface area (Å²) in [6.07, 6.45) is -29.0. The highest BCUT2D eigenvalue weighted by atomic mass is 32.2. The van der Waals surface area contributed by atoms with Crippen LogP contribution in [0.3, 0.4) is 0 Å². The van der Waals surface area contributed by atoms with Gasteiger partial charge in [0.05, 0.1) is 22.3 Å². The fourth-order valence-electron chi connectivity index (χ4n) is 10.7. The van der Waals surface area contributed by atoms with Crippen molar-refractivity contribution in [3.63, 3.8) is 0 Å². The molecule has 2 atom stereocenters. The van der Waals surface area contributed by atoms with Crippen molar-refractivity contribution in [3.8, 4) is 34.5 Å². The average Bonchev–Trinajstić information content (AvgIpc) is 0.733. The normalized spacial score (nSPS) is 13.6. The van der Waals surface area contributed by atoms with Gasteiger partial charge in [-0.3, -0.25) is 0 Å². The minimum Gasteiger partial charge on any atom is -0.486 e. The molecule has 0 heterocycles. The molecule has 100 heavy (non-hydrogen) atoms. The maximum Gasteiger partial charge on any atom is 0.411 e. The highest BCUT2D eigenvalue weighted by Crippen LogP contribution is 2.59. The smallest absolute Gasteiger partial charge is 0.411 e. The molecule has 8 aromatic rings. The van der Waals surface area contributed by atoms with Crippen molar-refractivity contribution in [1.29, 1.82) is 0 Å². The lowest BCUT2D eigenvalue weighted by atomic mass is 9.73. The largest absolute Gasteiger partial charge is 0.486 e. The Labute approximate surface area is 543 Å². The summed E-state index contributed by atoms with van der Waals surface area (Å²) in [6.45, 7) is 8.88. The fourth-order valence-corrected chi connectivity index (χ4v) is 12.2. The molecule has 0 radical (unpaired) electrons. The molecule has 0 aliphatic carbocycles. The molecule has 0 saturated carbocycles. The Morgan fingerprint density at radius 2 is 0.650 bits per heavy atom. The minimum atomic E-state index is -7.04. The zero-order chi connectivity index (χ0) is 75.0. The van der Waals surface area contributed by atoms with E-state index in [1.807, 2.05) is 0 Å². The van der Waals surface area contributed by atoms with E-state index in [0.717, 1.165) is 20.8 Å². The van der Waals surface area contributed by atoms with Crippen LogP contribution in [-0.2, 0) is 26.3 Å². The van der Waals surface area contributed by atoms with Gasteiger partial charge in [0, 0.05) is 0 Å². The van der Waals surface area contributed by atoms with E-state index in [9.17, 15) is 34.8 Å². The molecule has 0 fully saturated rings. The number of hydrogen-bond acceptors (Lipinski definition) is 6. The van der Waals surface area contributed by atoms with Crippen LogP contribution < -0.4 is 18.9 Å². The SMILES string of the molecule is C=Cc1c(F)c(F)c(Oc2ccc(C(c3ccc(OC(CC)c4c(F)c(F)c(S(=O)(=O)c5c(F)c(F)c(Oc6ccc(C(c7ccc(OC(C)(CC)c8c(F)c(F)c(C=C)c(F)c8F)cc7)(C(F)(F)F)C(F)(F)F)cc6)c(F)c5F)c(F)c4F)cc3)(C(F)(F)F)C(F)(F)F)cc2)c(F)c1F. The Hall–Kier alpha value is -9.57. The number of sulfone groups is 1. The zero-order valence-electron chi connectivity index (χ0n) is 49.7. The molecular formula is C65H36F28O6S. The van der Waals surface area contributed by atoms with E-state index in [1.165, 1.54) is 0 Å². The number of alkyl halides is 12. The first-order valence-electron chi connectivity index (χ1n) is 27.6. The van der Waals surface area contributed by atoms with Gasteiger partial charge in [-0.1, -0.05) is 87.7 Å². The molecule has 0 aliphatic rings. The first-order chi connectivity index (χ1) is 46.2. The van der Waals surface area contributed by atoms with Crippen LogP contribution in [-0.4, -0.2) is 33.1 Å². The van der Waals surface area contributed by atoms with E-state index < -0.39 is 252 Å². The topological polar surface area (TPSA) is 71.1 Å². The van der Waals surface area contributed by atoms with Crippen molar-refractivity contribution in [1.82, 2.24) is 0 Å². The third-order valence-corrected chi connectivity index (χ3v) is 17.5. The molecule has 0 amide bonds.